The maximum absolute atomic E-state index is 10.7. The van der Waals surface area contributed by atoms with E-state index in [4.69, 9.17) is 18.9 Å². The molecule has 0 amide bonds. The number of rotatable bonds is 2. The van der Waals surface area contributed by atoms with E-state index in [-0.39, 0.29) is 0 Å². The summed E-state index contributed by atoms with van der Waals surface area (Å²) in [6, 6.07) is 10.5. The zero-order valence-corrected chi connectivity index (χ0v) is 16.4. The van der Waals surface area contributed by atoms with Crippen LogP contribution in [0.5, 0.6) is 23.0 Å². The monoisotopic (exact) mass is 388 g/mol. The molecule has 0 saturated heterocycles. The minimum absolute atomic E-state index is 0.463. The molecule has 4 bridgehead atoms. The van der Waals surface area contributed by atoms with Gasteiger partial charge in [0.1, 0.15) is 18.0 Å². The van der Waals surface area contributed by atoms with Gasteiger partial charge in [0.2, 0.25) is 5.75 Å². The second kappa shape index (κ2) is 9.66. The minimum Gasteiger partial charge on any atom is -0.494 e. The molecule has 0 unspecified atom stereocenters. The topological polar surface area (TPSA) is 77.4 Å². The molecule has 4 aliphatic rings. The average molecular weight is 388 g/mol. The summed E-state index contributed by atoms with van der Waals surface area (Å²) >= 11 is 0. The molecule has 2 N–H and O–H groups in total. The van der Waals surface area contributed by atoms with Gasteiger partial charge in [-0.2, -0.15) is 0 Å². The first-order chi connectivity index (χ1) is 13.6. The predicted octanol–water partition coefficient (Wildman–Crippen LogP) is 3.80. The van der Waals surface area contributed by atoms with Crippen LogP contribution in [-0.2, 0) is 0 Å². The molecule has 28 heavy (non-hydrogen) atoms. The molecule has 0 saturated carbocycles. The molecule has 6 rings (SSSR count). The molecule has 2 aromatic rings. The molecule has 0 aliphatic carbocycles. The minimum atomic E-state index is -1.15. The third-order valence-electron chi connectivity index (χ3n) is 4.90. The Bertz CT molecular complexity index is 733. The summed E-state index contributed by atoms with van der Waals surface area (Å²) in [5, 5.41) is 21.4. The first-order valence-corrected chi connectivity index (χ1v) is 9.61. The molecule has 2 aromatic carbocycles. The highest BCUT2D eigenvalue weighted by Gasteiger charge is 2.24. The van der Waals surface area contributed by atoms with Crippen molar-refractivity contribution < 1.29 is 29.2 Å². The van der Waals surface area contributed by atoms with Crippen molar-refractivity contribution in [1.82, 2.24) is 0 Å². The van der Waals surface area contributed by atoms with E-state index in [0.717, 1.165) is 31.4 Å². The normalized spacial score (nSPS) is 20.6. The summed E-state index contributed by atoms with van der Waals surface area (Å²) < 4.78 is 22.5. The highest BCUT2D eigenvalue weighted by molar-refractivity contribution is 5.54. The van der Waals surface area contributed by atoms with Crippen molar-refractivity contribution in [3.8, 4) is 23.0 Å². The number of methoxy groups -OCH3 is 2. The lowest BCUT2D eigenvalue weighted by molar-refractivity contribution is 0.0169. The number of aliphatic hydroxyl groups excluding tert-OH is 2. The van der Waals surface area contributed by atoms with E-state index in [1.807, 2.05) is 12.1 Å². The molecule has 0 spiro atoms. The van der Waals surface area contributed by atoms with Gasteiger partial charge in [-0.05, 0) is 61.1 Å². The van der Waals surface area contributed by atoms with Crippen molar-refractivity contribution in [3.05, 3.63) is 47.5 Å². The van der Waals surface area contributed by atoms with Gasteiger partial charge < -0.3 is 29.2 Å². The number of aliphatic hydroxyl groups is 2. The third kappa shape index (κ3) is 4.69. The summed E-state index contributed by atoms with van der Waals surface area (Å²) in [6.07, 6.45) is 1.71. The van der Waals surface area contributed by atoms with Crippen LogP contribution in [0.4, 0.5) is 0 Å². The molecule has 152 valence electrons. The van der Waals surface area contributed by atoms with Gasteiger partial charge in [0.05, 0.1) is 27.4 Å². The van der Waals surface area contributed by atoms with Crippen LogP contribution in [0.2, 0.25) is 0 Å². The Morgan fingerprint density at radius 2 is 1.29 bits per heavy atom. The van der Waals surface area contributed by atoms with Gasteiger partial charge in [0.25, 0.3) is 0 Å². The van der Waals surface area contributed by atoms with Crippen LogP contribution in [0, 0.1) is 0 Å². The quantitative estimate of drug-likeness (QED) is 0.815. The van der Waals surface area contributed by atoms with Crippen LogP contribution < -0.4 is 18.9 Å². The Kier molecular flexibility index (Phi) is 7.01. The summed E-state index contributed by atoms with van der Waals surface area (Å²) in [5.41, 5.74) is 1.08. The average Bonchev–Trinajstić information content (AvgIpc) is 2.74. The summed E-state index contributed by atoms with van der Waals surface area (Å²) in [5.74, 6) is 2.18. The molecular weight excluding hydrogens is 360 g/mol. The maximum Gasteiger partial charge on any atom is 0.203 e. The highest BCUT2D eigenvalue weighted by atomic mass is 16.5. The van der Waals surface area contributed by atoms with Gasteiger partial charge in [0.15, 0.2) is 11.5 Å². The molecule has 4 aliphatic heterocycles. The lowest BCUT2D eigenvalue weighted by atomic mass is 9.97. The van der Waals surface area contributed by atoms with E-state index in [0.29, 0.717) is 41.6 Å². The molecule has 0 aromatic heterocycles. The number of ether oxygens (including phenoxy) is 4. The van der Waals surface area contributed by atoms with Crippen LogP contribution in [0.3, 0.4) is 0 Å². The van der Waals surface area contributed by atoms with Gasteiger partial charge in [-0.25, -0.2) is 0 Å². The summed E-state index contributed by atoms with van der Waals surface area (Å²) in [4.78, 5) is 0. The van der Waals surface area contributed by atoms with E-state index in [1.54, 1.807) is 38.5 Å². The van der Waals surface area contributed by atoms with Gasteiger partial charge in [0, 0.05) is 0 Å². The van der Waals surface area contributed by atoms with Crippen molar-refractivity contribution >= 4 is 0 Å². The van der Waals surface area contributed by atoms with Crippen molar-refractivity contribution in [1.29, 1.82) is 0 Å². The zero-order chi connectivity index (χ0) is 19.9. The van der Waals surface area contributed by atoms with E-state index in [9.17, 15) is 10.2 Å². The SMILES string of the molecule is COc1cc2cc(OC)c1OCCCCCCOc1ccc(cc1)[C@H](O)[C@H]2O. The van der Waals surface area contributed by atoms with Crippen LogP contribution >= 0.6 is 0 Å². The first kappa shape index (κ1) is 20.3. The van der Waals surface area contributed by atoms with Crippen LogP contribution in [-0.4, -0.2) is 37.6 Å². The Hall–Kier alpha value is -2.44. The van der Waals surface area contributed by atoms with E-state index in [1.165, 1.54) is 0 Å². The first-order valence-electron chi connectivity index (χ1n) is 9.61. The van der Waals surface area contributed by atoms with Gasteiger partial charge in [-0.15, -0.1) is 0 Å². The Morgan fingerprint density at radius 1 is 0.750 bits per heavy atom. The van der Waals surface area contributed by atoms with E-state index >= 15 is 0 Å². The van der Waals surface area contributed by atoms with Crippen molar-refractivity contribution in [3.63, 3.8) is 0 Å². The second-order valence-corrected chi connectivity index (χ2v) is 6.82. The van der Waals surface area contributed by atoms with E-state index in [2.05, 4.69) is 0 Å². The fourth-order valence-electron chi connectivity index (χ4n) is 3.26. The molecule has 2 atom stereocenters. The lowest BCUT2D eigenvalue weighted by Crippen LogP contribution is -2.11. The Balaban J connectivity index is 1.96. The molecule has 0 fully saturated rings. The molecule has 4 heterocycles. The number of benzene rings is 2. The van der Waals surface area contributed by atoms with Crippen LogP contribution in [0.15, 0.2) is 36.4 Å². The Morgan fingerprint density at radius 3 is 1.86 bits per heavy atom. The second-order valence-electron chi connectivity index (χ2n) is 6.82. The Labute approximate surface area is 165 Å². The van der Waals surface area contributed by atoms with Crippen LogP contribution in [0.1, 0.15) is 49.0 Å². The maximum atomic E-state index is 10.7. The third-order valence-corrected chi connectivity index (χ3v) is 4.90. The van der Waals surface area contributed by atoms with E-state index < -0.39 is 12.2 Å². The van der Waals surface area contributed by atoms with Crippen LogP contribution in [0.25, 0.3) is 0 Å². The van der Waals surface area contributed by atoms with Crippen molar-refractivity contribution in [2.45, 2.75) is 37.9 Å². The fourth-order valence-corrected chi connectivity index (χ4v) is 3.26. The summed E-state index contributed by atoms with van der Waals surface area (Å²) in [7, 11) is 3.08. The lowest BCUT2D eigenvalue weighted by Gasteiger charge is -2.22. The van der Waals surface area contributed by atoms with Crippen molar-refractivity contribution in [2.24, 2.45) is 0 Å². The van der Waals surface area contributed by atoms with Gasteiger partial charge >= 0.3 is 0 Å². The van der Waals surface area contributed by atoms with Crippen molar-refractivity contribution in [2.75, 3.05) is 27.4 Å². The largest absolute Gasteiger partial charge is 0.494 e. The number of hydrogen-bond donors (Lipinski definition) is 2. The number of hydrogen-bond acceptors (Lipinski definition) is 6. The van der Waals surface area contributed by atoms with Gasteiger partial charge in [-0.3, -0.25) is 0 Å². The molecule has 6 heteroatoms. The highest BCUT2D eigenvalue weighted by Crippen LogP contribution is 2.42. The standard InChI is InChI=1S/C22H28O6/c1-25-18-13-16-14-19(26-2)22(18)28-12-6-4-3-5-11-27-17-9-7-15(8-10-17)20(23)21(16)24/h7-10,13-14,20-21,23-24H,3-6,11-12H2,1-2H3/t20-,21-/m0/s1. The zero-order valence-electron chi connectivity index (χ0n) is 16.4. The smallest absolute Gasteiger partial charge is 0.203 e. The molecule has 6 nitrogen and oxygen atoms in total. The van der Waals surface area contributed by atoms with Gasteiger partial charge in [-0.1, -0.05) is 12.1 Å². The summed E-state index contributed by atoms with van der Waals surface area (Å²) in [6.45, 7) is 1.19. The molecular formula is C22H28O6. The predicted molar refractivity (Wildman–Crippen MR) is 105 cm³/mol. The fraction of sp³-hybridized carbons (Fsp3) is 0.455. The molecule has 0 radical (unpaired) electrons.